The molecular formula is C14H23N3O4. The minimum atomic E-state index is -0.744. The van der Waals surface area contributed by atoms with Gasteiger partial charge >= 0.3 is 0 Å². The minimum Gasteiger partial charge on any atom is -0.388 e. The monoisotopic (exact) mass is 297 g/mol. The van der Waals surface area contributed by atoms with Crippen molar-refractivity contribution in [3.8, 4) is 0 Å². The van der Waals surface area contributed by atoms with Gasteiger partial charge in [0.2, 0.25) is 5.91 Å². The van der Waals surface area contributed by atoms with E-state index >= 15 is 0 Å². The number of hydrogen-bond acceptors (Lipinski definition) is 5. The summed E-state index contributed by atoms with van der Waals surface area (Å²) in [6.07, 6.45) is 3.09. The first kappa shape index (κ1) is 15.9. The summed E-state index contributed by atoms with van der Waals surface area (Å²) in [4.78, 5) is 18.1. The summed E-state index contributed by atoms with van der Waals surface area (Å²) in [5.41, 5.74) is 0. The number of aromatic nitrogens is 2. The van der Waals surface area contributed by atoms with Crippen LogP contribution in [-0.4, -0.2) is 71.1 Å². The SMILES string of the molecule is CCc1nccn1CC(=O)N(C)[C@@H]1COC[C@@H](OC)[C@H]1O. The van der Waals surface area contributed by atoms with Gasteiger partial charge < -0.3 is 24.0 Å². The topological polar surface area (TPSA) is 76.8 Å². The highest BCUT2D eigenvalue weighted by molar-refractivity contribution is 5.76. The molecule has 21 heavy (non-hydrogen) atoms. The lowest BCUT2D eigenvalue weighted by molar-refractivity contribution is -0.158. The molecule has 0 radical (unpaired) electrons. The fraction of sp³-hybridized carbons (Fsp3) is 0.714. The highest BCUT2D eigenvalue weighted by Crippen LogP contribution is 2.16. The Balaban J connectivity index is 2.01. The molecule has 1 N–H and O–H groups in total. The number of carbonyl (C=O) groups excluding carboxylic acids is 1. The number of ether oxygens (including phenoxy) is 2. The molecule has 7 heteroatoms. The molecule has 0 unspecified atom stereocenters. The molecule has 0 aromatic carbocycles. The Morgan fingerprint density at radius 2 is 2.38 bits per heavy atom. The first-order valence-corrected chi connectivity index (χ1v) is 7.12. The molecule has 7 nitrogen and oxygen atoms in total. The number of methoxy groups -OCH3 is 1. The van der Waals surface area contributed by atoms with Crippen molar-refractivity contribution in [1.29, 1.82) is 0 Å². The zero-order valence-corrected chi connectivity index (χ0v) is 12.7. The number of nitrogens with zero attached hydrogens (tertiary/aromatic N) is 3. The number of rotatable bonds is 5. The van der Waals surface area contributed by atoms with E-state index in [1.54, 1.807) is 19.4 Å². The highest BCUT2D eigenvalue weighted by atomic mass is 16.5. The maximum atomic E-state index is 12.4. The summed E-state index contributed by atoms with van der Waals surface area (Å²) < 4.78 is 12.4. The second-order valence-electron chi connectivity index (χ2n) is 5.20. The molecule has 0 aliphatic carbocycles. The number of carbonyl (C=O) groups is 1. The Morgan fingerprint density at radius 3 is 3.05 bits per heavy atom. The molecule has 0 bridgehead atoms. The molecule has 1 aliphatic heterocycles. The third-order valence-corrected chi connectivity index (χ3v) is 3.96. The number of aliphatic hydroxyl groups excluding tert-OH is 1. The van der Waals surface area contributed by atoms with Crippen molar-refractivity contribution in [2.24, 2.45) is 0 Å². The summed E-state index contributed by atoms with van der Waals surface area (Å²) in [6.45, 7) is 2.86. The number of amides is 1. The van der Waals surface area contributed by atoms with Crippen LogP contribution in [0.5, 0.6) is 0 Å². The summed E-state index contributed by atoms with van der Waals surface area (Å²) in [5, 5.41) is 10.3. The maximum Gasteiger partial charge on any atom is 0.242 e. The summed E-state index contributed by atoms with van der Waals surface area (Å²) in [6, 6.07) is -0.398. The molecule has 1 amide bonds. The lowest BCUT2D eigenvalue weighted by atomic mass is 10.0. The van der Waals surface area contributed by atoms with Gasteiger partial charge in [0.05, 0.1) is 19.3 Å². The normalized spacial score (nSPS) is 25.8. The van der Waals surface area contributed by atoms with Crippen LogP contribution in [0.3, 0.4) is 0 Å². The van der Waals surface area contributed by atoms with Gasteiger partial charge in [-0.05, 0) is 0 Å². The molecule has 2 heterocycles. The number of aliphatic hydroxyl groups is 1. The van der Waals surface area contributed by atoms with Crippen LogP contribution in [-0.2, 0) is 27.2 Å². The zero-order valence-electron chi connectivity index (χ0n) is 12.7. The molecule has 1 aromatic rings. The third kappa shape index (κ3) is 3.42. The van der Waals surface area contributed by atoms with Gasteiger partial charge in [-0.25, -0.2) is 4.98 Å². The third-order valence-electron chi connectivity index (χ3n) is 3.96. The fourth-order valence-electron chi connectivity index (χ4n) is 2.54. The van der Waals surface area contributed by atoms with Gasteiger partial charge in [-0.3, -0.25) is 4.79 Å². The summed E-state index contributed by atoms with van der Waals surface area (Å²) in [7, 11) is 3.21. The van der Waals surface area contributed by atoms with Gasteiger partial charge in [0, 0.05) is 33.0 Å². The van der Waals surface area contributed by atoms with Gasteiger partial charge in [0.25, 0.3) is 0 Å². The lowest BCUT2D eigenvalue weighted by Gasteiger charge is -2.38. The standard InChI is InChI=1S/C14H23N3O4/c1-4-12-15-5-6-17(12)7-13(18)16(2)10-8-21-9-11(20-3)14(10)19/h5-6,10-11,14,19H,4,7-9H2,1-3H3/t10-,11-,14+/m1/s1. The van der Waals surface area contributed by atoms with Crippen LogP contribution in [0.25, 0.3) is 0 Å². The number of aryl methyl sites for hydroxylation is 1. The van der Waals surface area contributed by atoms with Crippen molar-refractivity contribution in [1.82, 2.24) is 14.5 Å². The van der Waals surface area contributed by atoms with Crippen LogP contribution in [0.15, 0.2) is 12.4 Å². The average molecular weight is 297 g/mol. The van der Waals surface area contributed by atoms with Crippen LogP contribution in [0, 0.1) is 0 Å². The van der Waals surface area contributed by atoms with Crippen LogP contribution in [0.1, 0.15) is 12.7 Å². The van der Waals surface area contributed by atoms with Crippen molar-refractivity contribution in [3.63, 3.8) is 0 Å². The van der Waals surface area contributed by atoms with Gasteiger partial charge in [-0.1, -0.05) is 6.92 Å². The molecule has 1 aliphatic rings. The first-order valence-electron chi connectivity index (χ1n) is 7.12. The van der Waals surface area contributed by atoms with Crippen LogP contribution < -0.4 is 0 Å². The predicted molar refractivity (Wildman–Crippen MR) is 75.8 cm³/mol. The Labute approximate surface area is 124 Å². The Morgan fingerprint density at radius 1 is 1.62 bits per heavy atom. The van der Waals surface area contributed by atoms with Crippen LogP contribution >= 0.6 is 0 Å². The Kier molecular flexibility index (Phi) is 5.33. The second-order valence-corrected chi connectivity index (χ2v) is 5.20. The molecule has 0 saturated carbocycles. The molecular weight excluding hydrogens is 274 g/mol. The van der Waals surface area contributed by atoms with Crippen molar-refractivity contribution >= 4 is 5.91 Å². The van der Waals surface area contributed by atoms with Gasteiger partial charge in [-0.15, -0.1) is 0 Å². The van der Waals surface area contributed by atoms with Gasteiger partial charge in [0.15, 0.2) is 0 Å². The smallest absolute Gasteiger partial charge is 0.242 e. The molecule has 0 spiro atoms. The minimum absolute atomic E-state index is 0.0906. The summed E-state index contributed by atoms with van der Waals surface area (Å²) in [5.74, 6) is 0.777. The van der Waals surface area contributed by atoms with E-state index in [4.69, 9.17) is 9.47 Å². The molecule has 1 fully saturated rings. The van der Waals surface area contributed by atoms with E-state index in [1.165, 1.54) is 12.0 Å². The second kappa shape index (κ2) is 7.02. The van der Waals surface area contributed by atoms with Gasteiger partial charge in [-0.2, -0.15) is 0 Å². The molecule has 2 rings (SSSR count). The van der Waals surface area contributed by atoms with Crippen molar-refractivity contribution in [2.45, 2.75) is 38.1 Å². The van der Waals surface area contributed by atoms with Crippen LogP contribution in [0.4, 0.5) is 0 Å². The van der Waals surface area contributed by atoms with Crippen molar-refractivity contribution < 1.29 is 19.4 Å². The van der Waals surface area contributed by atoms with E-state index in [1.807, 2.05) is 11.5 Å². The first-order chi connectivity index (χ1) is 10.1. The summed E-state index contributed by atoms with van der Waals surface area (Å²) >= 11 is 0. The molecule has 1 saturated heterocycles. The zero-order chi connectivity index (χ0) is 15.4. The van der Waals surface area contributed by atoms with E-state index in [-0.39, 0.29) is 12.5 Å². The number of likely N-dealkylation sites (N-methyl/N-ethyl adjacent to an activating group) is 1. The van der Waals surface area contributed by atoms with E-state index in [9.17, 15) is 9.90 Å². The quantitative estimate of drug-likeness (QED) is 0.806. The molecule has 1 aromatic heterocycles. The largest absolute Gasteiger partial charge is 0.388 e. The Hall–Kier alpha value is -1.44. The fourth-order valence-corrected chi connectivity index (χ4v) is 2.54. The van der Waals surface area contributed by atoms with Gasteiger partial charge in [0.1, 0.15) is 24.6 Å². The van der Waals surface area contributed by atoms with Crippen LogP contribution in [0.2, 0.25) is 0 Å². The van der Waals surface area contributed by atoms with Crippen molar-refractivity contribution in [2.75, 3.05) is 27.4 Å². The van der Waals surface area contributed by atoms with E-state index in [0.29, 0.717) is 13.2 Å². The van der Waals surface area contributed by atoms with E-state index in [0.717, 1.165) is 12.2 Å². The number of hydrogen-bond donors (Lipinski definition) is 1. The predicted octanol–water partition coefficient (Wildman–Crippen LogP) is -0.321. The maximum absolute atomic E-state index is 12.4. The van der Waals surface area contributed by atoms with E-state index < -0.39 is 18.2 Å². The van der Waals surface area contributed by atoms with Crippen molar-refractivity contribution in [3.05, 3.63) is 18.2 Å². The average Bonchev–Trinajstić information content (AvgIpc) is 2.94. The molecule has 118 valence electrons. The highest BCUT2D eigenvalue weighted by Gasteiger charge is 2.36. The number of imidazole rings is 1. The van der Waals surface area contributed by atoms with E-state index in [2.05, 4.69) is 4.98 Å². The molecule has 3 atom stereocenters. The Bertz CT molecular complexity index is 477. The lowest BCUT2D eigenvalue weighted by Crippen LogP contribution is -2.57.